The van der Waals surface area contributed by atoms with Crippen molar-refractivity contribution in [2.24, 2.45) is 0 Å². The molecule has 2 heterocycles. The predicted molar refractivity (Wildman–Crippen MR) is 185 cm³/mol. The fraction of sp³-hybridized carbons (Fsp3) is 0.167. The Labute approximate surface area is 285 Å². The van der Waals surface area contributed by atoms with Crippen molar-refractivity contribution in [3.05, 3.63) is 135 Å². The third kappa shape index (κ3) is 7.20. The molecule has 5 aromatic rings. The van der Waals surface area contributed by atoms with Crippen LogP contribution >= 0.6 is 34.7 Å². The summed E-state index contributed by atoms with van der Waals surface area (Å²) >= 11 is 8.78. The summed E-state index contributed by atoms with van der Waals surface area (Å²) in [5, 5.41) is 20.9. The minimum absolute atomic E-state index is 0.0817. The number of hydrogen-bond acceptors (Lipinski definition) is 9. The number of thioether (sulfide) groups is 1. The Balaban J connectivity index is 1.39. The van der Waals surface area contributed by atoms with E-state index in [1.807, 2.05) is 44.2 Å². The van der Waals surface area contributed by atoms with Gasteiger partial charge in [-0.2, -0.15) is 0 Å². The second kappa shape index (κ2) is 14.4. The maximum absolute atomic E-state index is 13.7. The second-order valence-electron chi connectivity index (χ2n) is 10.7. The molecule has 1 saturated heterocycles. The molecular formula is C36H30ClN3O5S2. The van der Waals surface area contributed by atoms with E-state index in [-0.39, 0.29) is 16.5 Å². The zero-order valence-electron chi connectivity index (χ0n) is 25.6. The number of rotatable bonds is 11. The van der Waals surface area contributed by atoms with Crippen molar-refractivity contribution in [1.29, 1.82) is 0 Å². The Morgan fingerprint density at radius 2 is 1.66 bits per heavy atom. The van der Waals surface area contributed by atoms with Gasteiger partial charge in [0.2, 0.25) is 5.13 Å². The number of carbonyl (C=O) groups excluding carboxylic acids is 2. The number of benzene rings is 4. The minimum atomic E-state index is -1.02. The number of aliphatic hydroxyl groups is 1. The number of Topliss-reactive ketones (excluding diaryl/α,β-unsaturated/α-hetero) is 1. The van der Waals surface area contributed by atoms with Crippen molar-refractivity contribution >= 4 is 57.3 Å². The number of ketones is 1. The lowest BCUT2D eigenvalue weighted by atomic mass is 9.95. The van der Waals surface area contributed by atoms with Crippen LogP contribution in [-0.2, 0) is 21.9 Å². The fourth-order valence-corrected chi connectivity index (χ4v) is 7.06. The van der Waals surface area contributed by atoms with Crippen LogP contribution in [0.25, 0.3) is 5.76 Å². The molecule has 1 aromatic heterocycles. The molecule has 11 heteroatoms. The SMILES string of the molecule is CCOc1cc(C2/C(=C(\O)c3ccc(Cl)cc3)C(=O)C(=O)N2c2nnc(SCc3ccc(C)cc3)s2)ccc1OCc1ccccc1. The van der Waals surface area contributed by atoms with Crippen LogP contribution in [0.1, 0.15) is 40.8 Å². The van der Waals surface area contributed by atoms with E-state index in [1.54, 1.807) is 42.5 Å². The molecule has 1 fully saturated rings. The van der Waals surface area contributed by atoms with E-state index in [9.17, 15) is 14.7 Å². The van der Waals surface area contributed by atoms with Gasteiger partial charge in [0.05, 0.1) is 18.2 Å². The highest BCUT2D eigenvalue weighted by atomic mass is 35.5. The number of amides is 1. The highest BCUT2D eigenvalue weighted by molar-refractivity contribution is 8.00. The summed E-state index contributed by atoms with van der Waals surface area (Å²) < 4.78 is 12.7. The van der Waals surface area contributed by atoms with Crippen LogP contribution in [0, 0.1) is 6.92 Å². The monoisotopic (exact) mass is 683 g/mol. The summed E-state index contributed by atoms with van der Waals surface area (Å²) in [5.74, 6) is -0.388. The minimum Gasteiger partial charge on any atom is -0.507 e. The molecular weight excluding hydrogens is 654 g/mol. The van der Waals surface area contributed by atoms with Gasteiger partial charge in [0.25, 0.3) is 5.78 Å². The van der Waals surface area contributed by atoms with Crippen molar-refractivity contribution < 1.29 is 24.2 Å². The zero-order valence-corrected chi connectivity index (χ0v) is 27.9. The van der Waals surface area contributed by atoms with Gasteiger partial charge >= 0.3 is 5.91 Å². The highest BCUT2D eigenvalue weighted by Gasteiger charge is 2.48. The molecule has 0 spiro atoms. The molecule has 238 valence electrons. The first-order valence-corrected chi connectivity index (χ1v) is 17.0. The molecule has 0 bridgehead atoms. The average molecular weight is 684 g/mol. The number of aromatic nitrogens is 2. The number of hydrogen-bond donors (Lipinski definition) is 1. The topological polar surface area (TPSA) is 102 Å². The number of halogens is 1. The number of carbonyl (C=O) groups is 2. The van der Waals surface area contributed by atoms with E-state index >= 15 is 0 Å². The molecule has 0 radical (unpaired) electrons. The molecule has 1 atom stereocenters. The number of anilines is 1. The van der Waals surface area contributed by atoms with Gasteiger partial charge in [0.1, 0.15) is 12.4 Å². The number of aliphatic hydroxyl groups excluding tert-OH is 1. The van der Waals surface area contributed by atoms with Gasteiger partial charge in [-0.05, 0) is 66.9 Å². The van der Waals surface area contributed by atoms with Crippen molar-refractivity contribution in [2.45, 2.75) is 36.6 Å². The maximum atomic E-state index is 13.7. The Morgan fingerprint density at radius 1 is 0.915 bits per heavy atom. The quantitative estimate of drug-likeness (QED) is 0.0487. The lowest BCUT2D eigenvalue weighted by molar-refractivity contribution is -0.132. The number of aryl methyl sites for hydroxylation is 1. The van der Waals surface area contributed by atoms with Crippen molar-refractivity contribution in [3.63, 3.8) is 0 Å². The molecule has 1 N–H and O–H groups in total. The third-order valence-electron chi connectivity index (χ3n) is 7.47. The molecule has 1 aliphatic heterocycles. The van der Waals surface area contributed by atoms with Crippen LogP contribution in [0.2, 0.25) is 5.02 Å². The first kappa shape index (κ1) is 32.3. The number of nitrogens with zero attached hydrogens (tertiary/aromatic N) is 3. The Morgan fingerprint density at radius 3 is 2.38 bits per heavy atom. The van der Waals surface area contributed by atoms with Gasteiger partial charge in [-0.3, -0.25) is 14.5 Å². The van der Waals surface area contributed by atoms with Crippen molar-refractivity contribution in [1.82, 2.24) is 10.2 Å². The van der Waals surface area contributed by atoms with E-state index in [0.717, 1.165) is 11.1 Å². The largest absolute Gasteiger partial charge is 0.507 e. The standard InChI is InChI=1S/C36H30ClN3O5S2/c1-3-44-29-19-26(15-18-28(29)45-20-23-7-5-4-6-8-23)31-30(32(41)25-13-16-27(37)17-14-25)33(42)34(43)40(31)35-38-39-36(47-35)46-21-24-11-9-22(2)10-12-24/h4-19,31,41H,3,20-21H2,1-2H3/b32-30+. The summed E-state index contributed by atoms with van der Waals surface area (Å²) in [6.07, 6.45) is 0. The Hall–Kier alpha value is -4.64. The van der Waals surface area contributed by atoms with Gasteiger partial charge < -0.3 is 14.6 Å². The van der Waals surface area contributed by atoms with Gasteiger partial charge in [-0.1, -0.05) is 101 Å². The summed E-state index contributed by atoms with van der Waals surface area (Å²) in [6, 6.07) is 28.6. The van der Waals surface area contributed by atoms with E-state index in [4.69, 9.17) is 21.1 Å². The zero-order chi connectivity index (χ0) is 32.9. The summed E-state index contributed by atoms with van der Waals surface area (Å²) in [6.45, 7) is 4.57. The molecule has 1 amide bonds. The second-order valence-corrected chi connectivity index (χ2v) is 13.3. The summed E-state index contributed by atoms with van der Waals surface area (Å²) in [5.41, 5.74) is 4.08. The first-order valence-electron chi connectivity index (χ1n) is 14.8. The molecule has 47 heavy (non-hydrogen) atoms. The fourth-order valence-electron chi connectivity index (χ4n) is 5.11. The lowest BCUT2D eigenvalue weighted by Crippen LogP contribution is -2.29. The molecule has 1 unspecified atom stereocenters. The van der Waals surface area contributed by atoms with Crippen molar-refractivity contribution in [2.75, 3.05) is 11.5 Å². The van der Waals surface area contributed by atoms with E-state index < -0.39 is 17.7 Å². The predicted octanol–water partition coefficient (Wildman–Crippen LogP) is 8.40. The van der Waals surface area contributed by atoms with Crippen LogP contribution in [0.3, 0.4) is 0 Å². The Kier molecular flexibility index (Phi) is 9.91. The third-order valence-corrected chi connectivity index (χ3v) is 9.85. The maximum Gasteiger partial charge on any atom is 0.301 e. The summed E-state index contributed by atoms with van der Waals surface area (Å²) in [4.78, 5) is 28.7. The van der Waals surface area contributed by atoms with Crippen LogP contribution in [0.4, 0.5) is 5.13 Å². The van der Waals surface area contributed by atoms with Crippen LogP contribution in [-0.4, -0.2) is 33.6 Å². The lowest BCUT2D eigenvalue weighted by Gasteiger charge is -2.23. The van der Waals surface area contributed by atoms with Gasteiger partial charge in [0.15, 0.2) is 15.8 Å². The highest BCUT2D eigenvalue weighted by Crippen LogP contribution is 2.46. The normalized spacial score (nSPS) is 15.6. The first-order chi connectivity index (χ1) is 22.8. The van der Waals surface area contributed by atoms with Crippen LogP contribution in [0.5, 0.6) is 11.5 Å². The van der Waals surface area contributed by atoms with Gasteiger partial charge in [-0.25, -0.2) is 0 Å². The molecule has 0 aliphatic carbocycles. The van der Waals surface area contributed by atoms with Crippen LogP contribution in [0.15, 0.2) is 107 Å². The molecule has 8 nitrogen and oxygen atoms in total. The number of ether oxygens (including phenoxy) is 2. The van der Waals surface area contributed by atoms with E-state index in [1.165, 1.54) is 33.6 Å². The van der Waals surface area contributed by atoms with Gasteiger partial charge in [-0.15, -0.1) is 10.2 Å². The van der Waals surface area contributed by atoms with Crippen LogP contribution < -0.4 is 14.4 Å². The van der Waals surface area contributed by atoms with E-state index in [0.29, 0.717) is 51.0 Å². The Bertz CT molecular complexity index is 1930. The van der Waals surface area contributed by atoms with Crippen molar-refractivity contribution in [3.8, 4) is 11.5 Å². The molecule has 1 aliphatic rings. The molecule has 4 aromatic carbocycles. The summed E-state index contributed by atoms with van der Waals surface area (Å²) in [7, 11) is 0. The molecule has 0 saturated carbocycles. The average Bonchev–Trinajstić information content (AvgIpc) is 3.66. The molecule has 6 rings (SSSR count). The van der Waals surface area contributed by atoms with E-state index in [2.05, 4.69) is 34.5 Å². The van der Waals surface area contributed by atoms with Gasteiger partial charge in [0, 0.05) is 16.3 Å². The smallest absolute Gasteiger partial charge is 0.301 e.